The maximum atomic E-state index is 12.7. The molecular weight excluding hydrogens is 259 g/mol. The highest BCUT2D eigenvalue weighted by molar-refractivity contribution is 5.84. The number of primary amides is 1. The van der Waals surface area contributed by atoms with Gasteiger partial charge in [-0.2, -0.15) is 0 Å². The van der Waals surface area contributed by atoms with Gasteiger partial charge in [0.15, 0.2) is 0 Å². The van der Waals surface area contributed by atoms with Gasteiger partial charge in [0.2, 0.25) is 5.91 Å². The van der Waals surface area contributed by atoms with Crippen molar-refractivity contribution >= 4 is 5.91 Å². The molecule has 0 spiro atoms. The highest BCUT2D eigenvalue weighted by atomic mass is 19.1. The van der Waals surface area contributed by atoms with E-state index in [2.05, 4.69) is 5.32 Å². The zero-order chi connectivity index (χ0) is 15.0. The van der Waals surface area contributed by atoms with Crippen molar-refractivity contribution in [3.05, 3.63) is 30.1 Å². The number of rotatable bonds is 9. The van der Waals surface area contributed by atoms with Crippen LogP contribution in [0.4, 0.5) is 4.39 Å². The minimum Gasteiger partial charge on any atom is -0.494 e. The van der Waals surface area contributed by atoms with Crippen molar-refractivity contribution in [3.63, 3.8) is 0 Å². The molecule has 1 aromatic carbocycles. The predicted molar refractivity (Wildman–Crippen MR) is 77.0 cm³/mol. The number of ether oxygens (including phenoxy) is 1. The minimum atomic E-state index is -0.662. The largest absolute Gasteiger partial charge is 0.494 e. The lowest BCUT2D eigenvalue weighted by atomic mass is 9.94. The van der Waals surface area contributed by atoms with Gasteiger partial charge in [-0.05, 0) is 57.0 Å². The van der Waals surface area contributed by atoms with Crippen molar-refractivity contribution in [3.8, 4) is 5.75 Å². The molecule has 0 aliphatic rings. The van der Waals surface area contributed by atoms with Gasteiger partial charge in [-0.25, -0.2) is 4.39 Å². The monoisotopic (exact) mass is 282 g/mol. The fourth-order valence-corrected chi connectivity index (χ4v) is 1.99. The molecule has 0 aromatic heterocycles. The Bertz CT molecular complexity index is 422. The van der Waals surface area contributed by atoms with E-state index in [0.29, 0.717) is 25.3 Å². The molecule has 1 unspecified atom stereocenters. The minimum absolute atomic E-state index is 0.278. The lowest BCUT2D eigenvalue weighted by Gasteiger charge is -2.26. The van der Waals surface area contributed by atoms with Crippen LogP contribution in [0, 0.1) is 5.82 Å². The molecular formula is C15H23FN2O2. The van der Waals surface area contributed by atoms with Gasteiger partial charge < -0.3 is 15.8 Å². The standard InChI is InChI=1S/C15H23FN2O2/c1-3-18-15(2,14(17)19)10-4-5-11-20-13-8-6-12(16)7-9-13/h6-9,18H,3-5,10-11H2,1-2H3,(H2,17,19). The summed E-state index contributed by atoms with van der Waals surface area (Å²) in [7, 11) is 0. The van der Waals surface area contributed by atoms with Gasteiger partial charge in [-0.15, -0.1) is 0 Å². The topological polar surface area (TPSA) is 64.3 Å². The maximum Gasteiger partial charge on any atom is 0.237 e. The first-order valence-corrected chi connectivity index (χ1v) is 6.91. The van der Waals surface area contributed by atoms with Crippen LogP contribution in [0.15, 0.2) is 24.3 Å². The molecule has 0 aliphatic heterocycles. The maximum absolute atomic E-state index is 12.7. The number of amides is 1. The summed E-state index contributed by atoms with van der Waals surface area (Å²) in [4.78, 5) is 11.4. The average Bonchev–Trinajstić information content (AvgIpc) is 2.40. The van der Waals surface area contributed by atoms with E-state index >= 15 is 0 Å². The Morgan fingerprint density at radius 1 is 1.35 bits per heavy atom. The number of benzene rings is 1. The predicted octanol–water partition coefficient (Wildman–Crippen LogP) is 2.23. The van der Waals surface area contributed by atoms with Crippen molar-refractivity contribution in [1.82, 2.24) is 5.32 Å². The van der Waals surface area contributed by atoms with Crippen LogP contribution in [0.25, 0.3) is 0 Å². The molecule has 1 amide bonds. The van der Waals surface area contributed by atoms with Crippen LogP contribution in [0.1, 0.15) is 33.1 Å². The van der Waals surface area contributed by atoms with Gasteiger partial charge in [0.05, 0.1) is 12.1 Å². The van der Waals surface area contributed by atoms with Crippen molar-refractivity contribution in [1.29, 1.82) is 0 Å². The van der Waals surface area contributed by atoms with Gasteiger partial charge in [-0.1, -0.05) is 6.92 Å². The fourth-order valence-electron chi connectivity index (χ4n) is 1.99. The molecule has 5 heteroatoms. The van der Waals surface area contributed by atoms with Gasteiger partial charge >= 0.3 is 0 Å². The molecule has 0 bridgehead atoms. The number of nitrogens with one attached hydrogen (secondary N) is 1. The molecule has 0 saturated carbocycles. The van der Waals surface area contributed by atoms with E-state index in [9.17, 15) is 9.18 Å². The first kappa shape index (κ1) is 16.4. The number of halogens is 1. The third-order valence-corrected chi connectivity index (χ3v) is 3.26. The second-order valence-corrected chi connectivity index (χ2v) is 4.99. The third kappa shape index (κ3) is 5.17. The van der Waals surface area contributed by atoms with Gasteiger partial charge in [-0.3, -0.25) is 4.79 Å². The van der Waals surface area contributed by atoms with Crippen LogP contribution in [0.3, 0.4) is 0 Å². The Morgan fingerprint density at radius 2 is 2.00 bits per heavy atom. The number of likely N-dealkylation sites (N-methyl/N-ethyl adjacent to an activating group) is 1. The number of carbonyl (C=O) groups excluding carboxylic acids is 1. The SMILES string of the molecule is CCNC(C)(CCCCOc1ccc(F)cc1)C(N)=O. The summed E-state index contributed by atoms with van der Waals surface area (Å²) >= 11 is 0. The molecule has 112 valence electrons. The van der Waals surface area contributed by atoms with Crippen LogP contribution in [-0.4, -0.2) is 24.6 Å². The molecule has 0 saturated heterocycles. The fraction of sp³-hybridized carbons (Fsp3) is 0.533. The van der Waals surface area contributed by atoms with Gasteiger partial charge in [0.25, 0.3) is 0 Å². The lowest BCUT2D eigenvalue weighted by Crippen LogP contribution is -2.53. The van der Waals surface area contributed by atoms with Crippen LogP contribution in [0.5, 0.6) is 5.75 Å². The quantitative estimate of drug-likeness (QED) is 0.683. The second kappa shape index (κ2) is 7.85. The number of nitrogens with two attached hydrogens (primary N) is 1. The molecule has 0 fully saturated rings. The van der Waals surface area contributed by atoms with Crippen LogP contribution in [0.2, 0.25) is 0 Å². The Morgan fingerprint density at radius 3 is 2.55 bits per heavy atom. The first-order valence-electron chi connectivity index (χ1n) is 6.91. The van der Waals surface area contributed by atoms with Gasteiger partial charge in [0.1, 0.15) is 11.6 Å². The Balaban J connectivity index is 2.27. The van der Waals surface area contributed by atoms with Crippen molar-refractivity contribution in [2.45, 2.75) is 38.6 Å². The van der Waals surface area contributed by atoms with Gasteiger partial charge in [0, 0.05) is 0 Å². The Kier molecular flexibility index (Phi) is 6.45. The third-order valence-electron chi connectivity index (χ3n) is 3.26. The smallest absolute Gasteiger partial charge is 0.237 e. The van der Waals surface area contributed by atoms with E-state index in [1.807, 2.05) is 13.8 Å². The molecule has 1 atom stereocenters. The highest BCUT2D eigenvalue weighted by Crippen LogP contribution is 2.15. The average molecular weight is 282 g/mol. The van der Waals surface area contributed by atoms with Crippen molar-refractivity contribution in [2.75, 3.05) is 13.2 Å². The summed E-state index contributed by atoms with van der Waals surface area (Å²) in [6.45, 7) is 5.00. The highest BCUT2D eigenvalue weighted by Gasteiger charge is 2.28. The van der Waals surface area contributed by atoms with E-state index in [1.165, 1.54) is 12.1 Å². The summed E-state index contributed by atoms with van der Waals surface area (Å²) < 4.78 is 18.2. The summed E-state index contributed by atoms with van der Waals surface area (Å²) in [5.41, 5.74) is 4.75. The summed E-state index contributed by atoms with van der Waals surface area (Å²) in [5.74, 6) is 0.0368. The molecule has 0 radical (unpaired) electrons. The first-order chi connectivity index (χ1) is 9.48. The van der Waals surface area contributed by atoms with E-state index < -0.39 is 5.54 Å². The normalized spacial score (nSPS) is 13.8. The van der Waals surface area contributed by atoms with Crippen LogP contribution < -0.4 is 15.8 Å². The summed E-state index contributed by atoms with van der Waals surface area (Å²) in [6, 6.07) is 5.93. The molecule has 1 aromatic rings. The molecule has 4 nitrogen and oxygen atoms in total. The second-order valence-electron chi connectivity index (χ2n) is 4.99. The van der Waals surface area contributed by atoms with Crippen molar-refractivity contribution in [2.24, 2.45) is 5.73 Å². The van der Waals surface area contributed by atoms with Crippen LogP contribution >= 0.6 is 0 Å². The Labute approximate surface area is 119 Å². The number of hydrogen-bond donors (Lipinski definition) is 2. The van der Waals surface area contributed by atoms with E-state index in [1.54, 1.807) is 12.1 Å². The van der Waals surface area contributed by atoms with E-state index in [0.717, 1.165) is 12.8 Å². The Hall–Kier alpha value is -1.62. The summed E-state index contributed by atoms with van der Waals surface area (Å²) in [5, 5.41) is 3.12. The zero-order valence-corrected chi connectivity index (χ0v) is 12.1. The molecule has 20 heavy (non-hydrogen) atoms. The summed E-state index contributed by atoms with van der Waals surface area (Å²) in [6.07, 6.45) is 2.31. The number of hydrogen-bond acceptors (Lipinski definition) is 3. The zero-order valence-electron chi connectivity index (χ0n) is 12.1. The number of carbonyl (C=O) groups is 1. The van der Waals surface area contributed by atoms with Crippen molar-refractivity contribution < 1.29 is 13.9 Å². The van der Waals surface area contributed by atoms with E-state index in [-0.39, 0.29) is 11.7 Å². The molecule has 0 aliphatic carbocycles. The molecule has 0 heterocycles. The van der Waals surface area contributed by atoms with E-state index in [4.69, 9.17) is 10.5 Å². The number of unbranched alkanes of at least 4 members (excludes halogenated alkanes) is 1. The molecule has 1 rings (SSSR count). The van der Waals surface area contributed by atoms with Crippen LogP contribution in [-0.2, 0) is 4.79 Å². The molecule has 3 N–H and O–H groups in total. The lowest BCUT2D eigenvalue weighted by molar-refractivity contribution is -0.124.